The van der Waals surface area contributed by atoms with E-state index >= 15 is 0 Å². The number of non-ortho nitro benzene ring substituents is 1. The number of hydrogen-bond acceptors (Lipinski definition) is 8. The van der Waals surface area contributed by atoms with Crippen LogP contribution in [0.3, 0.4) is 0 Å². The Kier molecular flexibility index (Phi) is 5.54. The number of carbonyl (C=O) groups is 2. The highest BCUT2D eigenvalue weighted by Gasteiger charge is 2.28. The van der Waals surface area contributed by atoms with Crippen molar-refractivity contribution in [1.29, 1.82) is 0 Å². The van der Waals surface area contributed by atoms with E-state index in [-0.39, 0.29) is 22.8 Å². The number of aryl methyl sites for hydroxylation is 2. The summed E-state index contributed by atoms with van der Waals surface area (Å²) in [5.41, 5.74) is 4.52. The Morgan fingerprint density at radius 2 is 1.91 bits per heavy atom. The number of carbonyl (C=O) groups excluding carboxylic acids is 2. The third-order valence-corrected chi connectivity index (χ3v) is 5.03. The van der Waals surface area contributed by atoms with E-state index in [1.807, 2.05) is 0 Å². The summed E-state index contributed by atoms with van der Waals surface area (Å²) in [5, 5.41) is 21.4. The van der Waals surface area contributed by atoms with Crippen molar-refractivity contribution < 1.29 is 23.5 Å². The van der Waals surface area contributed by atoms with Crippen molar-refractivity contribution in [3.63, 3.8) is 0 Å². The lowest BCUT2D eigenvalue weighted by Gasteiger charge is -2.13. The number of nitro groups is 1. The molecule has 0 saturated carbocycles. The SMILES string of the molecule is Cc1cc(NC(=O)c2oc3c(c2C)/C(=N/NC(=O)c2ccc([N+](=O)[O-])cc2)CCC3)no1. The van der Waals surface area contributed by atoms with Crippen LogP contribution in [-0.4, -0.2) is 27.6 Å². The Labute approximate surface area is 181 Å². The number of amides is 2. The molecule has 1 aliphatic carbocycles. The number of nitro benzene ring substituents is 1. The van der Waals surface area contributed by atoms with Crippen LogP contribution < -0.4 is 10.7 Å². The zero-order valence-electron chi connectivity index (χ0n) is 17.3. The van der Waals surface area contributed by atoms with Gasteiger partial charge in [-0.1, -0.05) is 5.16 Å². The largest absolute Gasteiger partial charge is 0.455 e. The number of fused-ring (bicyclic) bond motifs is 1. The molecule has 2 amide bonds. The number of hydrogen-bond donors (Lipinski definition) is 2. The van der Waals surface area contributed by atoms with Gasteiger partial charge in [-0.3, -0.25) is 19.7 Å². The summed E-state index contributed by atoms with van der Waals surface area (Å²) in [6.07, 6.45) is 1.98. The number of furan rings is 1. The average molecular weight is 437 g/mol. The standard InChI is InChI=1S/C21H19N5O6/c1-11-10-17(25-32-11)22-21(28)19-12(2)18-15(4-3-5-16(18)31-19)23-24-20(27)13-6-8-14(9-7-13)26(29)30/h6-10H,3-5H2,1-2H3,(H,24,27)(H,22,25,28)/b23-15+. The normalized spacial score (nSPS) is 14.1. The van der Waals surface area contributed by atoms with E-state index in [1.54, 1.807) is 19.9 Å². The molecule has 0 bridgehead atoms. The Balaban J connectivity index is 1.53. The van der Waals surface area contributed by atoms with Gasteiger partial charge in [0.05, 0.1) is 10.6 Å². The summed E-state index contributed by atoms with van der Waals surface area (Å²) < 4.78 is 10.8. The van der Waals surface area contributed by atoms with Gasteiger partial charge in [-0.2, -0.15) is 5.10 Å². The summed E-state index contributed by atoms with van der Waals surface area (Å²) in [6.45, 7) is 3.47. The van der Waals surface area contributed by atoms with Crippen LogP contribution in [0.25, 0.3) is 0 Å². The number of nitrogens with one attached hydrogen (secondary N) is 2. The Hall–Kier alpha value is -4.28. The zero-order valence-corrected chi connectivity index (χ0v) is 17.3. The van der Waals surface area contributed by atoms with E-state index in [4.69, 9.17) is 8.94 Å². The first-order valence-electron chi connectivity index (χ1n) is 9.82. The third kappa shape index (κ3) is 4.13. The molecule has 164 valence electrons. The highest BCUT2D eigenvalue weighted by molar-refractivity contribution is 6.09. The first kappa shape index (κ1) is 21.0. The number of hydrazone groups is 1. The molecule has 0 aliphatic heterocycles. The minimum absolute atomic E-state index is 0.106. The molecular formula is C21H19N5O6. The van der Waals surface area contributed by atoms with E-state index in [1.165, 1.54) is 24.3 Å². The summed E-state index contributed by atoms with van der Waals surface area (Å²) in [7, 11) is 0. The lowest BCUT2D eigenvalue weighted by atomic mass is 9.93. The molecule has 4 rings (SSSR count). The van der Waals surface area contributed by atoms with Crippen molar-refractivity contribution >= 4 is 29.0 Å². The first-order valence-corrected chi connectivity index (χ1v) is 9.82. The fourth-order valence-electron chi connectivity index (χ4n) is 3.51. The second-order valence-electron chi connectivity index (χ2n) is 7.29. The smallest absolute Gasteiger partial charge is 0.292 e. The van der Waals surface area contributed by atoms with Crippen molar-refractivity contribution in [3.8, 4) is 0 Å². The van der Waals surface area contributed by atoms with Gasteiger partial charge >= 0.3 is 0 Å². The zero-order chi connectivity index (χ0) is 22.8. The van der Waals surface area contributed by atoms with Crippen LogP contribution in [0.2, 0.25) is 0 Å². The molecule has 2 N–H and O–H groups in total. The van der Waals surface area contributed by atoms with Gasteiger partial charge in [-0.15, -0.1) is 0 Å². The van der Waals surface area contributed by atoms with E-state index in [0.29, 0.717) is 41.2 Å². The molecule has 3 aromatic rings. The van der Waals surface area contributed by atoms with Gasteiger partial charge in [0.1, 0.15) is 11.5 Å². The summed E-state index contributed by atoms with van der Waals surface area (Å²) in [4.78, 5) is 35.3. The maximum atomic E-state index is 12.7. The Morgan fingerprint density at radius 3 is 2.56 bits per heavy atom. The molecule has 0 radical (unpaired) electrons. The van der Waals surface area contributed by atoms with Crippen molar-refractivity contribution in [2.45, 2.75) is 33.1 Å². The quantitative estimate of drug-likeness (QED) is 0.457. The van der Waals surface area contributed by atoms with Crippen LogP contribution >= 0.6 is 0 Å². The van der Waals surface area contributed by atoms with Crippen LogP contribution in [0.15, 0.2) is 44.4 Å². The average Bonchev–Trinajstić information content (AvgIpc) is 3.35. The van der Waals surface area contributed by atoms with Gasteiger partial charge in [-0.05, 0) is 38.8 Å². The maximum absolute atomic E-state index is 12.7. The molecule has 1 aromatic carbocycles. The molecule has 2 heterocycles. The second-order valence-corrected chi connectivity index (χ2v) is 7.29. The van der Waals surface area contributed by atoms with E-state index < -0.39 is 16.7 Å². The minimum atomic E-state index is -0.537. The van der Waals surface area contributed by atoms with Crippen LogP contribution in [0, 0.1) is 24.0 Å². The number of rotatable bonds is 5. The molecule has 0 unspecified atom stereocenters. The van der Waals surface area contributed by atoms with Gasteiger partial charge < -0.3 is 14.3 Å². The molecule has 0 atom stereocenters. The van der Waals surface area contributed by atoms with Crippen LogP contribution in [0.1, 0.15) is 56.4 Å². The van der Waals surface area contributed by atoms with Gasteiger partial charge in [0, 0.05) is 41.3 Å². The van der Waals surface area contributed by atoms with Gasteiger partial charge in [0.2, 0.25) is 0 Å². The van der Waals surface area contributed by atoms with Crippen LogP contribution in [-0.2, 0) is 6.42 Å². The maximum Gasteiger partial charge on any atom is 0.292 e. The number of aromatic nitrogens is 1. The molecule has 2 aromatic heterocycles. The number of benzene rings is 1. The van der Waals surface area contributed by atoms with Crippen LogP contribution in [0.5, 0.6) is 0 Å². The lowest BCUT2D eigenvalue weighted by molar-refractivity contribution is -0.384. The summed E-state index contributed by atoms with van der Waals surface area (Å²) in [5.74, 6) is 0.657. The first-order chi connectivity index (χ1) is 15.3. The monoisotopic (exact) mass is 437 g/mol. The molecule has 11 heteroatoms. The second kappa shape index (κ2) is 8.46. The molecule has 0 spiro atoms. The Morgan fingerprint density at radius 1 is 1.16 bits per heavy atom. The molecule has 32 heavy (non-hydrogen) atoms. The predicted molar refractivity (Wildman–Crippen MR) is 113 cm³/mol. The Bertz CT molecular complexity index is 1240. The fourth-order valence-corrected chi connectivity index (χ4v) is 3.51. The van der Waals surface area contributed by atoms with Crippen molar-refractivity contribution in [2.24, 2.45) is 5.10 Å². The van der Waals surface area contributed by atoms with Gasteiger partial charge in [0.25, 0.3) is 17.5 Å². The van der Waals surface area contributed by atoms with E-state index in [0.717, 1.165) is 6.42 Å². The van der Waals surface area contributed by atoms with E-state index in [9.17, 15) is 19.7 Å². The van der Waals surface area contributed by atoms with Crippen molar-refractivity contribution in [3.05, 3.63) is 74.4 Å². The van der Waals surface area contributed by atoms with E-state index in [2.05, 4.69) is 21.0 Å². The topological polar surface area (TPSA) is 153 Å². The molecule has 1 aliphatic rings. The van der Waals surface area contributed by atoms with Gasteiger partial charge in [0.15, 0.2) is 11.6 Å². The van der Waals surface area contributed by atoms with Crippen LogP contribution in [0.4, 0.5) is 11.5 Å². The number of nitrogens with zero attached hydrogens (tertiary/aromatic N) is 3. The highest BCUT2D eigenvalue weighted by Crippen LogP contribution is 2.30. The number of anilines is 1. The highest BCUT2D eigenvalue weighted by atomic mass is 16.6. The minimum Gasteiger partial charge on any atom is -0.455 e. The third-order valence-electron chi connectivity index (χ3n) is 5.03. The lowest BCUT2D eigenvalue weighted by Crippen LogP contribution is -2.22. The molecule has 0 fully saturated rings. The predicted octanol–water partition coefficient (Wildman–Crippen LogP) is 3.52. The molecule has 11 nitrogen and oxygen atoms in total. The van der Waals surface area contributed by atoms with Crippen molar-refractivity contribution in [1.82, 2.24) is 10.6 Å². The fraction of sp³-hybridized carbons (Fsp3) is 0.238. The molecular weight excluding hydrogens is 418 g/mol. The summed E-state index contributed by atoms with van der Waals surface area (Å²) in [6, 6.07) is 6.81. The van der Waals surface area contributed by atoms with Crippen molar-refractivity contribution in [2.75, 3.05) is 5.32 Å². The summed E-state index contributed by atoms with van der Waals surface area (Å²) >= 11 is 0. The van der Waals surface area contributed by atoms with Gasteiger partial charge in [-0.25, -0.2) is 5.43 Å². The molecule has 0 saturated heterocycles.